The lowest BCUT2D eigenvalue weighted by Crippen LogP contribution is -1.98. The van der Waals surface area contributed by atoms with Crippen molar-refractivity contribution < 1.29 is 0 Å². The molecular weight excluding hydrogens is 211 g/mol. The maximum atomic E-state index is 3.05. The summed E-state index contributed by atoms with van der Waals surface area (Å²) in [5.74, 6) is 0.668. The highest BCUT2D eigenvalue weighted by atomic mass is 31.0. The summed E-state index contributed by atoms with van der Waals surface area (Å²) in [5, 5.41) is 0.280. The van der Waals surface area contributed by atoms with E-state index in [-0.39, 0.29) is 5.16 Å². The van der Waals surface area contributed by atoms with Crippen LogP contribution in [0.25, 0.3) is 0 Å². The molecule has 1 heteroatoms. The van der Waals surface area contributed by atoms with Crippen LogP contribution in [0.2, 0.25) is 0 Å². The fourth-order valence-corrected chi connectivity index (χ4v) is 3.07. The van der Waals surface area contributed by atoms with Gasteiger partial charge in [0.25, 0.3) is 0 Å². The summed E-state index contributed by atoms with van der Waals surface area (Å²) in [4.78, 5) is 0. The first-order chi connectivity index (χ1) is 7.81. The predicted molar refractivity (Wildman–Crippen MR) is 71.6 cm³/mol. The van der Waals surface area contributed by atoms with E-state index in [1.165, 1.54) is 17.5 Å². The molecule has 3 atom stereocenters. The van der Waals surface area contributed by atoms with Crippen molar-refractivity contribution in [1.82, 2.24) is 0 Å². The van der Waals surface area contributed by atoms with E-state index in [0.717, 1.165) is 0 Å². The molecule has 1 fully saturated rings. The standard InChI is InChI=1S/C15H15P/c16-15(13-9-5-2-6-10-13)11-14(15)12-7-3-1-4-8-12/h1-10,14H,11,16H2. The van der Waals surface area contributed by atoms with E-state index in [2.05, 4.69) is 69.9 Å². The molecule has 0 amide bonds. The number of rotatable bonds is 2. The predicted octanol–water partition coefficient (Wildman–Crippen LogP) is 3.94. The summed E-state index contributed by atoms with van der Waals surface area (Å²) in [6.45, 7) is 0. The van der Waals surface area contributed by atoms with Crippen molar-refractivity contribution in [3.05, 3.63) is 71.8 Å². The van der Waals surface area contributed by atoms with Crippen molar-refractivity contribution in [2.75, 3.05) is 0 Å². The second-order valence-electron chi connectivity index (χ2n) is 4.57. The Morgan fingerprint density at radius 2 is 1.44 bits per heavy atom. The van der Waals surface area contributed by atoms with Crippen LogP contribution < -0.4 is 0 Å². The number of hydrogen-bond donors (Lipinski definition) is 0. The molecule has 3 rings (SSSR count). The zero-order chi connectivity index (χ0) is 11.0. The Bertz CT molecular complexity index is 477. The van der Waals surface area contributed by atoms with Gasteiger partial charge in [-0.1, -0.05) is 60.7 Å². The van der Waals surface area contributed by atoms with Gasteiger partial charge in [0.05, 0.1) is 0 Å². The molecule has 1 aliphatic rings. The highest BCUT2D eigenvalue weighted by molar-refractivity contribution is 7.19. The highest BCUT2D eigenvalue weighted by Crippen LogP contribution is 2.64. The Hall–Kier alpha value is -1.13. The fourth-order valence-electron chi connectivity index (χ4n) is 2.45. The number of hydrogen-bond acceptors (Lipinski definition) is 0. The van der Waals surface area contributed by atoms with Crippen molar-refractivity contribution in [2.45, 2.75) is 17.5 Å². The SMILES string of the molecule is PC1(c2ccccc2)CC1c1ccccc1. The monoisotopic (exact) mass is 226 g/mol. The summed E-state index contributed by atoms with van der Waals surface area (Å²) >= 11 is 0. The average Bonchev–Trinajstić information content (AvgIpc) is 3.06. The van der Waals surface area contributed by atoms with Crippen LogP contribution in [-0.2, 0) is 5.16 Å². The van der Waals surface area contributed by atoms with Gasteiger partial charge in [-0.25, -0.2) is 0 Å². The number of benzene rings is 2. The van der Waals surface area contributed by atoms with Gasteiger partial charge in [-0.05, 0) is 23.5 Å². The molecule has 16 heavy (non-hydrogen) atoms. The zero-order valence-corrected chi connectivity index (χ0v) is 10.3. The van der Waals surface area contributed by atoms with E-state index in [1.807, 2.05) is 0 Å². The smallest absolute Gasteiger partial charge is 0.0172 e. The van der Waals surface area contributed by atoms with Crippen LogP contribution >= 0.6 is 9.24 Å². The summed E-state index contributed by atoms with van der Waals surface area (Å²) in [5.41, 5.74) is 2.90. The quantitative estimate of drug-likeness (QED) is 0.680. The Balaban J connectivity index is 1.90. The molecule has 0 bridgehead atoms. The Labute approximate surface area is 98.9 Å². The lowest BCUT2D eigenvalue weighted by atomic mass is 10.0. The minimum atomic E-state index is 0.280. The van der Waals surface area contributed by atoms with Crippen molar-refractivity contribution in [1.29, 1.82) is 0 Å². The van der Waals surface area contributed by atoms with Crippen LogP contribution in [0, 0.1) is 0 Å². The van der Waals surface area contributed by atoms with Gasteiger partial charge in [0, 0.05) is 5.16 Å². The Morgan fingerprint density at radius 1 is 0.875 bits per heavy atom. The molecule has 0 aromatic heterocycles. The molecule has 2 aromatic rings. The van der Waals surface area contributed by atoms with Crippen LogP contribution in [0.5, 0.6) is 0 Å². The third kappa shape index (κ3) is 1.58. The summed E-state index contributed by atoms with van der Waals surface area (Å²) in [6.07, 6.45) is 1.24. The van der Waals surface area contributed by atoms with Gasteiger partial charge in [-0.2, -0.15) is 0 Å². The van der Waals surface area contributed by atoms with Gasteiger partial charge in [-0.15, -0.1) is 9.24 Å². The molecule has 0 saturated heterocycles. The summed E-state index contributed by atoms with van der Waals surface area (Å²) < 4.78 is 0. The van der Waals surface area contributed by atoms with Crippen molar-refractivity contribution >= 4 is 9.24 Å². The Kier molecular flexibility index (Phi) is 2.33. The maximum absolute atomic E-state index is 3.05. The van der Waals surface area contributed by atoms with E-state index < -0.39 is 0 Å². The molecule has 1 aliphatic carbocycles. The van der Waals surface area contributed by atoms with Crippen molar-refractivity contribution in [3.63, 3.8) is 0 Å². The first kappa shape index (κ1) is 10.1. The first-order valence-electron chi connectivity index (χ1n) is 5.70. The van der Waals surface area contributed by atoms with Gasteiger partial charge in [0.1, 0.15) is 0 Å². The van der Waals surface area contributed by atoms with E-state index in [0.29, 0.717) is 5.92 Å². The van der Waals surface area contributed by atoms with E-state index in [4.69, 9.17) is 0 Å². The second kappa shape index (κ2) is 3.71. The van der Waals surface area contributed by atoms with Crippen molar-refractivity contribution in [3.8, 4) is 0 Å². The molecule has 1 saturated carbocycles. The molecule has 80 valence electrons. The molecule has 3 unspecified atom stereocenters. The molecule has 2 aromatic carbocycles. The van der Waals surface area contributed by atoms with E-state index >= 15 is 0 Å². The largest absolute Gasteiger partial charge is 0.126 e. The average molecular weight is 226 g/mol. The van der Waals surface area contributed by atoms with Gasteiger partial charge in [0.15, 0.2) is 0 Å². The minimum absolute atomic E-state index is 0.280. The van der Waals surface area contributed by atoms with Crippen LogP contribution in [0.1, 0.15) is 23.5 Å². The van der Waals surface area contributed by atoms with E-state index in [9.17, 15) is 0 Å². The lowest BCUT2D eigenvalue weighted by molar-refractivity contribution is 0.958. The molecule has 0 aliphatic heterocycles. The topological polar surface area (TPSA) is 0 Å². The minimum Gasteiger partial charge on any atom is -0.126 e. The van der Waals surface area contributed by atoms with E-state index in [1.54, 1.807) is 0 Å². The zero-order valence-electron chi connectivity index (χ0n) is 9.14. The van der Waals surface area contributed by atoms with Crippen LogP contribution in [0.4, 0.5) is 0 Å². The van der Waals surface area contributed by atoms with Gasteiger partial charge >= 0.3 is 0 Å². The molecule has 0 spiro atoms. The third-order valence-electron chi connectivity index (χ3n) is 3.52. The maximum Gasteiger partial charge on any atom is 0.0172 e. The fraction of sp³-hybridized carbons (Fsp3) is 0.200. The molecular formula is C15H15P. The van der Waals surface area contributed by atoms with Crippen LogP contribution in [-0.4, -0.2) is 0 Å². The van der Waals surface area contributed by atoms with Crippen molar-refractivity contribution in [2.24, 2.45) is 0 Å². The molecule has 0 nitrogen and oxygen atoms in total. The molecule has 0 N–H and O–H groups in total. The third-order valence-corrected chi connectivity index (χ3v) is 4.49. The first-order valence-corrected chi connectivity index (χ1v) is 6.28. The van der Waals surface area contributed by atoms with Gasteiger partial charge in [-0.3, -0.25) is 0 Å². The lowest BCUT2D eigenvalue weighted by Gasteiger charge is -2.11. The van der Waals surface area contributed by atoms with Gasteiger partial charge < -0.3 is 0 Å². The van der Waals surface area contributed by atoms with Gasteiger partial charge in [0.2, 0.25) is 0 Å². The molecule has 0 heterocycles. The summed E-state index contributed by atoms with van der Waals surface area (Å²) in [6, 6.07) is 21.6. The Morgan fingerprint density at radius 3 is 2.06 bits per heavy atom. The molecule has 0 radical (unpaired) electrons. The second-order valence-corrected chi connectivity index (χ2v) is 5.60. The van der Waals surface area contributed by atoms with Crippen LogP contribution in [0.3, 0.4) is 0 Å². The highest BCUT2D eigenvalue weighted by Gasteiger charge is 2.51. The van der Waals surface area contributed by atoms with Crippen LogP contribution in [0.15, 0.2) is 60.7 Å². The summed E-state index contributed by atoms with van der Waals surface area (Å²) in [7, 11) is 3.05. The normalized spacial score (nSPS) is 27.7.